The molecule has 0 radical (unpaired) electrons. The highest BCUT2D eigenvalue weighted by Gasteiger charge is 1.99. The van der Waals surface area contributed by atoms with Crippen LogP contribution in [-0.2, 0) is 0 Å². The van der Waals surface area contributed by atoms with Gasteiger partial charge in [0.25, 0.3) is 0 Å². The normalized spacial score (nSPS) is 10.3. The predicted molar refractivity (Wildman–Crippen MR) is 63.2 cm³/mol. The topological polar surface area (TPSA) is 9.23 Å². The van der Waals surface area contributed by atoms with Crippen molar-refractivity contribution in [2.75, 3.05) is 7.11 Å². The second-order valence-corrected chi connectivity index (χ2v) is 4.07. The lowest BCUT2D eigenvalue weighted by Crippen LogP contribution is -1.84. The fraction of sp³-hybridized carbons (Fsp3) is 0.0909. The van der Waals surface area contributed by atoms with Crippen LogP contribution in [0.3, 0.4) is 0 Å². The molecule has 0 heterocycles. The van der Waals surface area contributed by atoms with Crippen LogP contribution >= 0.6 is 22.6 Å². The van der Waals surface area contributed by atoms with Crippen LogP contribution < -0.4 is 4.74 Å². The van der Waals surface area contributed by atoms with E-state index in [4.69, 9.17) is 4.74 Å². The smallest absolute Gasteiger partial charge is 0.126 e. The molecule has 0 aliphatic carbocycles. The second kappa shape index (κ2) is 3.54. The van der Waals surface area contributed by atoms with Gasteiger partial charge in [0, 0.05) is 8.96 Å². The van der Waals surface area contributed by atoms with Crippen molar-refractivity contribution in [3.8, 4) is 5.75 Å². The summed E-state index contributed by atoms with van der Waals surface area (Å²) in [5.41, 5.74) is 0. The van der Waals surface area contributed by atoms with Crippen molar-refractivity contribution in [3.05, 3.63) is 40.0 Å². The van der Waals surface area contributed by atoms with Crippen LogP contribution in [0.25, 0.3) is 10.8 Å². The van der Waals surface area contributed by atoms with E-state index in [2.05, 4.69) is 46.9 Å². The third-order valence-corrected chi connectivity index (χ3v) is 2.70. The van der Waals surface area contributed by atoms with Crippen molar-refractivity contribution in [2.24, 2.45) is 0 Å². The Balaban J connectivity index is 2.79. The standard InChI is InChI=1S/C11H9IO/c1-13-11-4-2-3-8-5-6-9(12)7-10(8)11/h2-7H,1H3. The van der Waals surface area contributed by atoms with E-state index in [9.17, 15) is 0 Å². The molecule has 0 N–H and O–H groups in total. The number of ether oxygens (including phenoxy) is 1. The zero-order valence-electron chi connectivity index (χ0n) is 7.25. The summed E-state index contributed by atoms with van der Waals surface area (Å²) >= 11 is 2.31. The SMILES string of the molecule is COc1cccc2ccc(I)cc12. The largest absolute Gasteiger partial charge is 0.496 e. The summed E-state index contributed by atoms with van der Waals surface area (Å²) < 4.78 is 6.51. The summed E-state index contributed by atoms with van der Waals surface area (Å²) in [5, 5.41) is 2.40. The van der Waals surface area contributed by atoms with Crippen LogP contribution in [0.1, 0.15) is 0 Å². The van der Waals surface area contributed by atoms with Gasteiger partial charge in [0.15, 0.2) is 0 Å². The molecule has 0 aromatic heterocycles. The first-order valence-electron chi connectivity index (χ1n) is 4.03. The van der Waals surface area contributed by atoms with Crippen molar-refractivity contribution >= 4 is 33.4 Å². The van der Waals surface area contributed by atoms with Gasteiger partial charge in [-0.25, -0.2) is 0 Å². The molecule has 0 bridgehead atoms. The average molecular weight is 284 g/mol. The second-order valence-electron chi connectivity index (χ2n) is 2.83. The van der Waals surface area contributed by atoms with E-state index in [1.807, 2.05) is 12.1 Å². The van der Waals surface area contributed by atoms with Crippen molar-refractivity contribution in [2.45, 2.75) is 0 Å². The molecule has 13 heavy (non-hydrogen) atoms. The Morgan fingerprint density at radius 3 is 2.77 bits per heavy atom. The van der Waals surface area contributed by atoms with Crippen LogP contribution in [0.4, 0.5) is 0 Å². The number of fused-ring (bicyclic) bond motifs is 1. The molecular formula is C11H9IO. The van der Waals surface area contributed by atoms with E-state index in [1.54, 1.807) is 7.11 Å². The monoisotopic (exact) mass is 284 g/mol. The van der Waals surface area contributed by atoms with Crippen molar-refractivity contribution < 1.29 is 4.74 Å². The molecule has 0 spiro atoms. The molecule has 2 aromatic carbocycles. The van der Waals surface area contributed by atoms with Gasteiger partial charge in [-0.15, -0.1) is 0 Å². The summed E-state index contributed by atoms with van der Waals surface area (Å²) in [6.07, 6.45) is 0. The Labute approximate surface area is 90.9 Å². The fourth-order valence-corrected chi connectivity index (χ4v) is 1.89. The first-order chi connectivity index (χ1) is 6.31. The first kappa shape index (κ1) is 8.81. The Bertz CT molecular complexity index is 437. The average Bonchev–Trinajstić information content (AvgIpc) is 2.17. The fourth-order valence-electron chi connectivity index (χ4n) is 1.39. The number of benzene rings is 2. The van der Waals surface area contributed by atoms with Crippen molar-refractivity contribution in [1.29, 1.82) is 0 Å². The highest BCUT2D eigenvalue weighted by atomic mass is 127. The van der Waals surface area contributed by atoms with Crippen LogP contribution in [0.2, 0.25) is 0 Å². The summed E-state index contributed by atoms with van der Waals surface area (Å²) in [5.74, 6) is 0.941. The van der Waals surface area contributed by atoms with E-state index in [0.717, 1.165) is 5.75 Å². The van der Waals surface area contributed by atoms with Gasteiger partial charge < -0.3 is 4.74 Å². The molecule has 2 aromatic rings. The van der Waals surface area contributed by atoms with Gasteiger partial charge >= 0.3 is 0 Å². The molecule has 0 atom stereocenters. The van der Waals surface area contributed by atoms with Gasteiger partial charge in [0.05, 0.1) is 7.11 Å². The van der Waals surface area contributed by atoms with Gasteiger partial charge in [0.1, 0.15) is 5.75 Å². The van der Waals surface area contributed by atoms with Crippen LogP contribution in [-0.4, -0.2) is 7.11 Å². The molecule has 2 heteroatoms. The molecular weight excluding hydrogens is 275 g/mol. The van der Waals surface area contributed by atoms with Crippen molar-refractivity contribution in [1.82, 2.24) is 0 Å². The molecule has 0 unspecified atom stereocenters. The van der Waals surface area contributed by atoms with E-state index < -0.39 is 0 Å². The molecule has 0 saturated heterocycles. The Kier molecular flexibility index (Phi) is 2.40. The van der Waals surface area contributed by atoms with Gasteiger partial charge in [-0.1, -0.05) is 18.2 Å². The minimum atomic E-state index is 0.941. The van der Waals surface area contributed by atoms with Gasteiger partial charge in [-0.2, -0.15) is 0 Å². The highest BCUT2D eigenvalue weighted by Crippen LogP contribution is 2.26. The maximum absolute atomic E-state index is 5.28. The van der Waals surface area contributed by atoms with Crippen LogP contribution in [0.15, 0.2) is 36.4 Å². The number of hydrogen-bond donors (Lipinski definition) is 0. The third-order valence-electron chi connectivity index (χ3n) is 2.02. The lowest BCUT2D eigenvalue weighted by Gasteiger charge is -2.04. The van der Waals surface area contributed by atoms with E-state index in [1.165, 1.54) is 14.3 Å². The maximum atomic E-state index is 5.28. The zero-order chi connectivity index (χ0) is 9.26. The van der Waals surface area contributed by atoms with Gasteiger partial charge in [-0.05, 0) is 46.2 Å². The molecule has 2 rings (SSSR count). The number of halogens is 1. The maximum Gasteiger partial charge on any atom is 0.126 e. The first-order valence-corrected chi connectivity index (χ1v) is 5.11. The molecule has 66 valence electrons. The summed E-state index contributed by atoms with van der Waals surface area (Å²) in [4.78, 5) is 0. The molecule has 0 fully saturated rings. The summed E-state index contributed by atoms with van der Waals surface area (Å²) in [6.45, 7) is 0. The summed E-state index contributed by atoms with van der Waals surface area (Å²) in [6, 6.07) is 12.4. The Hall–Kier alpha value is -0.770. The number of hydrogen-bond acceptors (Lipinski definition) is 1. The lowest BCUT2D eigenvalue weighted by molar-refractivity contribution is 0.420. The lowest BCUT2D eigenvalue weighted by atomic mass is 10.1. The molecule has 0 aliphatic rings. The number of methoxy groups -OCH3 is 1. The van der Waals surface area contributed by atoms with Crippen LogP contribution in [0, 0.1) is 3.57 Å². The minimum absolute atomic E-state index is 0.941. The molecule has 1 nitrogen and oxygen atoms in total. The zero-order valence-corrected chi connectivity index (χ0v) is 9.41. The summed E-state index contributed by atoms with van der Waals surface area (Å²) in [7, 11) is 1.70. The molecule has 0 aliphatic heterocycles. The Morgan fingerprint density at radius 2 is 2.00 bits per heavy atom. The Morgan fingerprint density at radius 1 is 1.15 bits per heavy atom. The van der Waals surface area contributed by atoms with Crippen LogP contribution in [0.5, 0.6) is 5.75 Å². The van der Waals surface area contributed by atoms with E-state index >= 15 is 0 Å². The van der Waals surface area contributed by atoms with Crippen molar-refractivity contribution in [3.63, 3.8) is 0 Å². The van der Waals surface area contributed by atoms with E-state index in [-0.39, 0.29) is 0 Å². The third kappa shape index (κ3) is 1.63. The van der Waals surface area contributed by atoms with E-state index in [0.29, 0.717) is 0 Å². The molecule has 0 amide bonds. The predicted octanol–water partition coefficient (Wildman–Crippen LogP) is 3.45. The number of rotatable bonds is 1. The van der Waals surface area contributed by atoms with Gasteiger partial charge in [-0.3, -0.25) is 0 Å². The minimum Gasteiger partial charge on any atom is -0.496 e. The highest BCUT2D eigenvalue weighted by molar-refractivity contribution is 14.1. The quantitative estimate of drug-likeness (QED) is 0.729. The molecule has 0 saturated carbocycles. The van der Waals surface area contributed by atoms with Gasteiger partial charge in [0.2, 0.25) is 0 Å².